The summed E-state index contributed by atoms with van der Waals surface area (Å²) >= 11 is 6.23. The Kier molecular flexibility index (Phi) is 6.84. The molecule has 2 aromatic carbocycles. The molecule has 1 fully saturated rings. The zero-order valence-electron chi connectivity index (χ0n) is 19.4. The van der Waals surface area contributed by atoms with Gasteiger partial charge in [0.15, 0.2) is 5.84 Å². The molecule has 2 heterocycles. The number of rotatable bonds is 9. The SMILES string of the molecule is NN/N=C(\N)c1ccnc(-c2ncn(Cc3cccc(Cl)c3)c2-c2ccc(F)cc2OCC2CC2)c1. The van der Waals surface area contributed by atoms with E-state index in [0.29, 0.717) is 52.4 Å². The highest BCUT2D eigenvalue weighted by molar-refractivity contribution is 6.30. The van der Waals surface area contributed by atoms with Crippen LogP contribution in [0.5, 0.6) is 5.75 Å². The minimum Gasteiger partial charge on any atom is -0.492 e. The summed E-state index contributed by atoms with van der Waals surface area (Å²) in [5.41, 5.74) is 12.4. The lowest BCUT2D eigenvalue weighted by molar-refractivity contribution is 0.299. The molecule has 0 atom stereocenters. The lowest BCUT2D eigenvalue weighted by atomic mass is 10.0. The number of halogens is 2. The van der Waals surface area contributed by atoms with Crippen molar-refractivity contribution in [1.82, 2.24) is 20.1 Å². The van der Waals surface area contributed by atoms with Crippen molar-refractivity contribution in [2.75, 3.05) is 6.61 Å². The minimum atomic E-state index is -0.370. The second kappa shape index (κ2) is 10.3. The van der Waals surface area contributed by atoms with Crippen LogP contribution in [0.2, 0.25) is 5.02 Å². The number of hydrogen-bond acceptors (Lipinski definition) is 6. The number of amidine groups is 1. The van der Waals surface area contributed by atoms with E-state index in [2.05, 4.69) is 15.6 Å². The van der Waals surface area contributed by atoms with Crippen LogP contribution in [0.25, 0.3) is 22.6 Å². The molecule has 0 saturated heterocycles. The third-order valence-corrected chi connectivity index (χ3v) is 6.17. The van der Waals surface area contributed by atoms with Crippen molar-refractivity contribution in [1.29, 1.82) is 0 Å². The van der Waals surface area contributed by atoms with Crippen molar-refractivity contribution in [2.45, 2.75) is 19.4 Å². The van der Waals surface area contributed by atoms with Crippen molar-refractivity contribution >= 4 is 17.4 Å². The summed E-state index contributed by atoms with van der Waals surface area (Å²) in [5.74, 6) is 6.09. The smallest absolute Gasteiger partial charge is 0.152 e. The summed E-state index contributed by atoms with van der Waals surface area (Å²) in [6.45, 7) is 1.03. The molecule has 5 rings (SSSR count). The first kappa shape index (κ1) is 23.8. The molecular weight excluding hydrogens is 481 g/mol. The van der Waals surface area contributed by atoms with Gasteiger partial charge in [0.05, 0.1) is 24.3 Å². The van der Waals surface area contributed by atoms with Crippen LogP contribution in [0.1, 0.15) is 24.0 Å². The summed E-state index contributed by atoms with van der Waals surface area (Å²) in [5, 5.41) is 4.49. The Labute approximate surface area is 212 Å². The standard InChI is InChI=1S/C26H25ClFN7O/c27-19-3-1-2-17(10-19)13-35-15-32-24(22-11-18(8-9-31-22)26(29)33-34-30)25(35)21-7-6-20(28)12-23(21)36-14-16-4-5-16/h1-3,6-12,15-16,34H,4-5,13-14,30H2,(H2,29,33). The molecule has 0 unspecified atom stereocenters. The lowest BCUT2D eigenvalue weighted by Gasteiger charge is -2.16. The van der Waals surface area contributed by atoms with E-state index >= 15 is 0 Å². The Bertz CT molecular complexity index is 1420. The second-order valence-corrected chi connectivity index (χ2v) is 9.09. The van der Waals surface area contributed by atoms with Gasteiger partial charge >= 0.3 is 0 Å². The van der Waals surface area contributed by atoms with Gasteiger partial charge in [0, 0.05) is 35.0 Å². The van der Waals surface area contributed by atoms with Gasteiger partial charge in [-0.3, -0.25) is 4.98 Å². The fourth-order valence-corrected chi connectivity index (χ4v) is 4.17. The first-order valence-electron chi connectivity index (χ1n) is 11.5. The largest absolute Gasteiger partial charge is 0.492 e. The maximum absolute atomic E-state index is 14.3. The first-order valence-corrected chi connectivity index (χ1v) is 11.9. The first-order chi connectivity index (χ1) is 17.5. The number of nitrogens with zero attached hydrogens (tertiary/aromatic N) is 4. The Balaban J connectivity index is 1.64. The van der Waals surface area contributed by atoms with E-state index in [0.717, 1.165) is 24.1 Å². The van der Waals surface area contributed by atoms with Crippen molar-refractivity contribution in [3.05, 3.63) is 89.1 Å². The highest BCUT2D eigenvalue weighted by Gasteiger charge is 2.25. The van der Waals surface area contributed by atoms with Gasteiger partial charge in [0.1, 0.15) is 17.3 Å². The van der Waals surface area contributed by atoms with Gasteiger partial charge in [-0.25, -0.2) is 20.8 Å². The normalized spacial score (nSPS) is 13.6. The molecule has 1 aliphatic carbocycles. The van der Waals surface area contributed by atoms with Crippen LogP contribution in [0, 0.1) is 11.7 Å². The number of ether oxygens (including phenoxy) is 1. The van der Waals surface area contributed by atoms with Gasteiger partial charge in [0.2, 0.25) is 0 Å². The Morgan fingerprint density at radius 1 is 1.17 bits per heavy atom. The molecule has 0 bridgehead atoms. The van der Waals surface area contributed by atoms with Gasteiger partial charge in [-0.2, -0.15) is 0 Å². The van der Waals surface area contributed by atoms with Crippen LogP contribution in [0.4, 0.5) is 4.39 Å². The molecule has 1 saturated carbocycles. The second-order valence-electron chi connectivity index (χ2n) is 8.65. The monoisotopic (exact) mass is 505 g/mol. The zero-order valence-corrected chi connectivity index (χ0v) is 20.1. The van der Waals surface area contributed by atoms with Crippen LogP contribution >= 0.6 is 11.6 Å². The Morgan fingerprint density at radius 3 is 2.81 bits per heavy atom. The van der Waals surface area contributed by atoms with E-state index in [-0.39, 0.29) is 11.7 Å². The number of imidazole rings is 1. The molecule has 184 valence electrons. The number of benzene rings is 2. The van der Waals surface area contributed by atoms with Crippen LogP contribution in [0.15, 0.2) is 72.2 Å². The van der Waals surface area contributed by atoms with E-state index in [9.17, 15) is 4.39 Å². The molecule has 1 aliphatic rings. The minimum absolute atomic E-state index is 0.205. The topological polar surface area (TPSA) is 116 Å². The molecule has 10 heteroatoms. The van der Waals surface area contributed by atoms with E-state index in [1.807, 2.05) is 28.8 Å². The van der Waals surface area contributed by atoms with E-state index in [1.54, 1.807) is 30.7 Å². The zero-order chi connectivity index (χ0) is 25.1. The van der Waals surface area contributed by atoms with E-state index in [4.69, 9.17) is 32.9 Å². The molecular formula is C26H25ClFN7O. The van der Waals surface area contributed by atoms with Gasteiger partial charge in [-0.15, -0.1) is 5.10 Å². The Hall–Kier alpha value is -3.95. The summed E-state index contributed by atoms with van der Waals surface area (Å²) in [6.07, 6.45) is 5.60. The van der Waals surface area contributed by atoms with Gasteiger partial charge in [-0.05, 0) is 60.7 Å². The molecule has 0 radical (unpaired) electrons. The lowest BCUT2D eigenvalue weighted by Crippen LogP contribution is -2.23. The third kappa shape index (κ3) is 5.32. The highest BCUT2D eigenvalue weighted by Crippen LogP contribution is 2.39. The molecule has 0 amide bonds. The average molecular weight is 506 g/mol. The molecule has 8 nitrogen and oxygen atoms in total. The maximum atomic E-state index is 14.3. The molecule has 36 heavy (non-hydrogen) atoms. The highest BCUT2D eigenvalue weighted by atomic mass is 35.5. The van der Waals surface area contributed by atoms with Crippen molar-refractivity contribution in [3.63, 3.8) is 0 Å². The number of nitrogens with one attached hydrogen (secondary N) is 1. The number of aromatic nitrogens is 3. The van der Waals surface area contributed by atoms with Crippen molar-refractivity contribution in [3.8, 4) is 28.4 Å². The number of hydrazine groups is 1. The predicted molar refractivity (Wildman–Crippen MR) is 138 cm³/mol. The van der Waals surface area contributed by atoms with Crippen LogP contribution in [0.3, 0.4) is 0 Å². The molecule has 2 aromatic heterocycles. The average Bonchev–Trinajstić information content (AvgIpc) is 3.62. The van der Waals surface area contributed by atoms with Gasteiger partial charge in [0.25, 0.3) is 0 Å². The number of pyridine rings is 1. The maximum Gasteiger partial charge on any atom is 0.152 e. The van der Waals surface area contributed by atoms with Crippen LogP contribution in [-0.4, -0.2) is 27.0 Å². The van der Waals surface area contributed by atoms with Gasteiger partial charge in [-0.1, -0.05) is 23.7 Å². The number of hydrogen-bond donors (Lipinski definition) is 3. The summed E-state index contributed by atoms with van der Waals surface area (Å²) < 4.78 is 22.4. The molecule has 5 N–H and O–H groups in total. The van der Waals surface area contributed by atoms with E-state index < -0.39 is 0 Å². The van der Waals surface area contributed by atoms with Crippen LogP contribution < -0.4 is 21.8 Å². The van der Waals surface area contributed by atoms with Crippen LogP contribution in [-0.2, 0) is 6.54 Å². The summed E-state index contributed by atoms with van der Waals surface area (Å²) in [7, 11) is 0. The molecule has 0 spiro atoms. The van der Waals surface area contributed by atoms with Crippen molar-refractivity contribution < 1.29 is 9.13 Å². The fraction of sp³-hybridized carbons (Fsp3) is 0.192. The molecule has 0 aliphatic heterocycles. The van der Waals surface area contributed by atoms with E-state index in [1.165, 1.54) is 12.1 Å². The predicted octanol–water partition coefficient (Wildman–Crippen LogP) is 4.33. The summed E-state index contributed by atoms with van der Waals surface area (Å²) in [6, 6.07) is 15.7. The van der Waals surface area contributed by atoms with Gasteiger partial charge < -0.3 is 15.0 Å². The van der Waals surface area contributed by atoms with Crippen molar-refractivity contribution in [2.24, 2.45) is 22.6 Å². The fourth-order valence-electron chi connectivity index (χ4n) is 3.96. The quantitative estimate of drug-likeness (QED) is 0.135. The molecule has 4 aromatic rings. The number of hydrazone groups is 1. The third-order valence-electron chi connectivity index (χ3n) is 5.93. The number of nitrogens with two attached hydrogens (primary N) is 2. The Morgan fingerprint density at radius 2 is 2.03 bits per heavy atom. The summed E-state index contributed by atoms with van der Waals surface area (Å²) in [4.78, 5) is 9.23.